The van der Waals surface area contributed by atoms with Gasteiger partial charge < -0.3 is 24.7 Å². The second kappa shape index (κ2) is 7.23. The third-order valence-electron chi connectivity index (χ3n) is 4.64. The average molecular weight is 360 g/mol. The molecule has 8 nitrogen and oxygen atoms in total. The molecule has 2 heterocycles. The number of rotatable bonds is 3. The number of hydrogen-bond donors (Lipinski definition) is 1. The van der Waals surface area contributed by atoms with Gasteiger partial charge in [0.15, 0.2) is 5.60 Å². The molecule has 1 spiro atoms. The predicted octanol–water partition coefficient (Wildman–Crippen LogP) is 1.93. The van der Waals surface area contributed by atoms with Crippen LogP contribution in [0.4, 0.5) is 10.5 Å². The van der Waals surface area contributed by atoms with Crippen molar-refractivity contribution in [3.63, 3.8) is 0 Å². The first-order valence-electron chi connectivity index (χ1n) is 8.59. The van der Waals surface area contributed by atoms with Crippen molar-refractivity contribution in [2.45, 2.75) is 24.9 Å². The highest BCUT2D eigenvalue weighted by Crippen LogP contribution is 2.34. The quantitative estimate of drug-likeness (QED) is 0.893. The lowest BCUT2D eigenvalue weighted by Gasteiger charge is -2.39. The van der Waals surface area contributed by atoms with Crippen molar-refractivity contribution in [3.05, 3.63) is 24.3 Å². The minimum atomic E-state index is -0.601. The average Bonchev–Trinajstić information content (AvgIpc) is 3.05. The number of piperidine rings is 1. The third-order valence-corrected chi connectivity index (χ3v) is 4.64. The zero-order valence-electron chi connectivity index (χ0n) is 15.3. The molecule has 0 radical (unpaired) electrons. The summed E-state index contributed by atoms with van der Waals surface area (Å²) < 4.78 is 5.10. The van der Waals surface area contributed by atoms with E-state index in [1.54, 1.807) is 55.3 Å². The van der Waals surface area contributed by atoms with E-state index in [4.69, 9.17) is 9.57 Å². The Bertz CT molecular complexity index is 716. The molecule has 1 unspecified atom stereocenters. The number of nitrogens with one attached hydrogen (secondary N) is 1. The van der Waals surface area contributed by atoms with Gasteiger partial charge in [0.2, 0.25) is 0 Å². The zero-order valence-corrected chi connectivity index (χ0v) is 15.3. The molecule has 2 aliphatic heterocycles. The van der Waals surface area contributed by atoms with Gasteiger partial charge in [0.25, 0.3) is 5.91 Å². The van der Waals surface area contributed by atoms with Gasteiger partial charge in [-0.2, -0.15) is 0 Å². The molecule has 0 aliphatic carbocycles. The van der Waals surface area contributed by atoms with Crippen molar-refractivity contribution in [2.24, 2.45) is 5.16 Å². The SMILES string of the molecule is COc1ccc(NC(=O)C2=NOC3(CCCN(C(=O)N(C)C)C3)C2)cc1. The Balaban J connectivity index is 1.61. The van der Waals surface area contributed by atoms with Crippen LogP contribution in [0.25, 0.3) is 0 Å². The van der Waals surface area contributed by atoms with E-state index < -0.39 is 5.60 Å². The lowest BCUT2D eigenvalue weighted by atomic mass is 9.88. The topological polar surface area (TPSA) is 83.5 Å². The summed E-state index contributed by atoms with van der Waals surface area (Å²) in [6, 6.07) is 7.03. The van der Waals surface area contributed by atoms with Gasteiger partial charge in [-0.3, -0.25) is 4.79 Å². The number of hydrogen-bond acceptors (Lipinski definition) is 5. The van der Waals surface area contributed by atoms with Crippen LogP contribution in [0.5, 0.6) is 5.75 Å². The number of benzene rings is 1. The molecule has 0 saturated carbocycles. The normalized spacial score (nSPS) is 21.8. The van der Waals surface area contributed by atoms with Gasteiger partial charge in [-0.1, -0.05) is 5.16 Å². The highest BCUT2D eigenvalue weighted by atomic mass is 16.7. The fourth-order valence-electron chi connectivity index (χ4n) is 3.28. The molecular formula is C18H24N4O4. The molecule has 3 amide bonds. The van der Waals surface area contributed by atoms with Crippen LogP contribution in [0, 0.1) is 0 Å². The fraction of sp³-hybridized carbons (Fsp3) is 0.500. The smallest absolute Gasteiger partial charge is 0.319 e. The van der Waals surface area contributed by atoms with E-state index in [2.05, 4.69) is 10.5 Å². The van der Waals surface area contributed by atoms with E-state index in [1.165, 1.54) is 0 Å². The van der Waals surface area contributed by atoms with E-state index in [9.17, 15) is 9.59 Å². The van der Waals surface area contributed by atoms with Gasteiger partial charge in [-0.15, -0.1) is 0 Å². The van der Waals surface area contributed by atoms with Crippen molar-refractivity contribution in [1.82, 2.24) is 9.80 Å². The molecular weight excluding hydrogens is 336 g/mol. The van der Waals surface area contributed by atoms with E-state index in [-0.39, 0.29) is 11.9 Å². The third kappa shape index (κ3) is 3.74. The number of oxime groups is 1. The molecule has 140 valence electrons. The molecule has 1 atom stereocenters. The molecule has 1 N–H and O–H groups in total. The van der Waals surface area contributed by atoms with Crippen LogP contribution in [0.1, 0.15) is 19.3 Å². The molecule has 8 heteroatoms. The van der Waals surface area contributed by atoms with Gasteiger partial charge in [-0.05, 0) is 37.1 Å². The zero-order chi connectivity index (χ0) is 18.7. The van der Waals surface area contributed by atoms with Crippen molar-refractivity contribution >= 4 is 23.3 Å². The van der Waals surface area contributed by atoms with Crippen LogP contribution in [-0.4, -0.2) is 67.3 Å². The summed E-state index contributed by atoms with van der Waals surface area (Å²) in [5.74, 6) is 0.430. The number of nitrogens with zero attached hydrogens (tertiary/aromatic N) is 3. The van der Waals surface area contributed by atoms with Crippen molar-refractivity contribution in [2.75, 3.05) is 39.6 Å². The van der Waals surface area contributed by atoms with Crippen molar-refractivity contribution in [3.8, 4) is 5.75 Å². The van der Waals surface area contributed by atoms with E-state index in [1.807, 2.05) is 0 Å². The second-order valence-electron chi connectivity index (χ2n) is 6.87. The molecule has 1 aromatic carbocycles. The summed E-state index contributed by atoms with van der Waals surface area (Å²) in [6.07, 6.45) is 1.99. The highest BCUT2D eigenvalue weighted by molar-refractivity contribution is 6.43. The molecule has 3 rings (SSSR count). The Labute approximate surface area is 152 Å². The van der Waals surface area contributed by atoms with Crippen LogP contribution in [0.15, 0.2) is 29.4 Å². The molecule has 1 saturated heterocycles. The largest absolute Gasteiger partial charge is 0.497 e. The second-order valence-corrected chi connectivity index (χ2v) is 6.87. The van der Waals surface area contributed by atoms with Crippen LogP contribution in [-0.2, 0) is 9.63 Å². The van der Waals surface area contributed by atoms with Crippen LogP contribution in [0.2, 0.25) is 0 Å². The first-order chi connectivity index (χ1) is 12.4. The monoisotopic (exact) mass is 360 g/mol. The Morgan fingerprint density at radius 1 is 1.31 bits per heavy atom. The molecule has 0 bridgehead atoms. The van der Waals surface area contributed by atoms with Gasteiger partial charge >= 0.3 is 6.03 Å². The number of carbonyl (C=O) groups is 2. The standard InChI is InChI=1S/C18H24N4O4/c1-21(2)17(24)22-10-4-9-18(12-22)11-15(20-26-18)16(23)19-13-5-7-14(25-3)8-6-13/h5-8H,4,9-12H2,1-3H3,(H,19,23). The van der Waals surface area contributed by atoms with E-state index in [0.29, 0.717) is 30.9 Å². The van der Waals surface area contributed by atoms with Crippen LogP contribution < -0.4 is 10.1 Å². The van der Waals surface area contributed by atoms with Gasteiger partial charge in [0.05, 0.1) is 13.7 Å². The Hall–Kier alpha value is -2.77. The Kier molecular flexibility index (Phi) is 5.01. The van der Waals surface area contributed by atoms with Crippen LogP contribution in [0.3, 0.4) is 0 Å². The minimum Gasteiger partial charge on any atom is -0.497 e. The summed E-state index contributed by atoms with van der Waals surface area (Å²) in [4.78, 5) is 33.6. The molecule has 0 aromatic heterocycles. The number of methoxy groups -OCH3 is 1. The maximum absolute atomic E-state index is 12.5. The summed E-state index contributed by atoms with van der Waals surface area (Å²) in [7, 11) is 5.04. The first-order valence-corrected chi connectivity index (χ1v) is 8.59. The number of likely N-dealkylation sites (tertiary alicyclic amines) is 1. The van der Waals surface area contributed by atoms with Crippen molar-refractivity contribution < 1.29 is 19.2 Å². The predicted molar refractivity (Wildman–Crippen MR) is 97.4 cm³/mol. The van der Waals surface area contributed by atoms with Crippen molar-refractivity contribution in [1.29, 1.82) is 0 Å². The number of ether oxygens (including phenoxy) is 1. The Morgan fingerprint density at radius 2 is 2.04 bits per heavy atom. The lowest BCUT2D eigenvalue weighted by molar-refractivity contribution is -0.110. The maximum atomic E-state index is 12.5. The number of carbonyl (C=O) groups excluding carboxylic acids is 2. The summed E-state index contributed by atoms with van der Waals surface area (Å²) >= 11 is 0. The molecule has 2 aliphatic rings. The molecule has 26 heavy (non-hydrogen) atoms. The number of urea groups is 1. The number of amides is 3. The maximum Gasteiger partial charge on any atom is 0.319 e. The summed E-state index contributed by atoms with van der Waals surface area (Å²) in [5.41, 5.74) is 0.406. The lowest BCUT2D eigenvalue weighted by Crippen LogP contribution is -2.53. The van der Waals surface area contributed by atoms with E-state index in [0.717, 1.165) is 18.6 Å². The van der Waals surface area contributed by atoms with E-state index >= 15 is 0 Å². The highest BCUT2D eigenvalue weighted by Gasteiger charge is 2.45. The van der Waals surface area contributed by atoms with Crippen LogP contribution >= 0.6 is 0 Å². The summed E-state index contributed by atoms with van der Waals surface area (Å²) in [5, 5.41) is 6.82. The summed E-state index contributed by atoms with van der Waals surface area (Å²) in [6.45, 7) is 1.13. The molecule has 1 aromatic rings. The van der Waals surface area contributed by atoms with Gasteiger partial charge in [-0.25, -0.2) is 4.79 Å². The first kappa shape index (κ1) is 18.0. The molecule has 1 fully saturated rings. The Morgan fingerprint density at radius 3 is 2.69 bits per heavy atom. The van der Waals surface area contributed by atoms with Gasteiger partial charge in [0.1, 0.15) is 11.5 Å². The fourth-order valence-corrected chi connectivity index (χ4v) is 3.28. The minimum absolute atomic E-state index is 0.0520. The number of anilines is 1. The van der Waals surface area contributed by atoms with Gasteiger partial charge in [0, 0.05) is 32.7 Å².